The van der Waals surface area contributed by atoms with Gasteiger partial charge in [0.1, 0.15) is 0 Å². The van der Waals surface area contributed by atoms with E-state index in [2.05, 4.69) is 73.7 Å². The second kappa shape index (κ2) is 14.1. The highest BCUT2D eigenvalue weighted by molar-refractivity contribution is 6.30. The average molecular weight is 510 g/mol. The van der Waals surface area contributed by atoms with E-state index < -0.39 is 0 Å². The molecule has 0 aliphatic heterocycles. The molecular weight excluding hydrogens is 474 g/mol. The Kier molecular flexibility index (Phi) is 10.6. The van der Waals surface area contributed by atoms with Gasteiger partial charge in [-0.25, -0.2) is 4.99 Å². The molecule has 0 spiro atoms. The molecule has 2 aromatic carbocycles. The molecule has 5 N–H and O–H groups in total. The third-order valence-electron chi connectivity index (χ3n) is 5.47. The topological polar surface area (TPSA) is 116 Å². The molecule has 36 heavy (non-hydrogen) atoms. The third kappa shape index (κ3) is 8.57. The quantitative estimate of drug-likeness (QED) is 0.142. The first-order chi connectivity index (χ1) is 17.5. The van der Waals surface area contributed by atoms with E-state index in [1.54, 1.807) is 12.1 Å². The number of nitrogens with two attached hydrogens (primary N) is 1. The summed E-state index contributed by atoms with van der Waals surface area (Å²) in [6.07, 6.45) is 2.17. The van der Waals surface area contributed by atoms with E-state index in [1.165, 1.54) is 0 Å². The molecule has 0 radical (unpaired) electrons. The standard InChI is InChI=1S/C26H36ClN9/c1-4-7-15-29-24-33-25(35-26(34-24)36(5-2)6-3)31-18-20-10-8-9-19(16-20)17-30-23(28)32-22-13-11-21(27)12-14-22/h8-14,16H,4-7,15,17-18H2,1-3H3,(H3,28,30,32)(H2,29,31,33,34,35). The number of hydrogen-bond acceptors (Lipinski definition) is 7. The van der Waals surface area contributed by atoms with Gasteiger partial charge >= 0.3 is 0 Å². The van der Waals surface area contributed by atoms with Crippen molar-refractivity contribution in [1.29, 1.82) is 0 Å². The summed E-state index contributed by atoms with van der Waals surface area (Å²) in [5.74, 6) is 2.15. The number of benzene rings is 2. The van der Waals surface area contributed by atoms with Crippen molar-refractivity contribution in [3.05, 3.63) is 64.7 Å². The molecule has 0 fully saturated rings. The zero-order chi connectivity index (χ0) is 25.8. The second-order valence-corrected chi connectivity index (χ2v) is 8.68. The summed E-state index contributed by atoms with van der Waals surface area (Å²) >= 11 is 5.93. The molecule has 0 unspecified atom stereocenters. The van der Waals surface area contributed by atoms with Gasteiger partial charge in [-0.2, -0.15) is 15.0 Å². The Morgan fingerprint density at radius 2 is 1.64 bits per heavy atom. The Bertz CT molecular complexity index is 1110. The number of nitrogens with one attached hydrogen (secondary N) is 3. The molecule has 0 bridgehead atoms. The van der Waals surface area contributed by atoms with Gasteiger partial charge in [0.15, 0.2) is 5.96 Å². The molecule has 0 saturated heterocycles. The highest BCUT2D eigenvalue weighted by atomic mass is 35.5. The van der Waals surface area contributed by atoms with Crippen LogP contribution < -0.4 is 26.6 Å². The lowest BCUT2D eigenvalue weighted by Crippen LogP contribution is -2.25. The maximum Gasteiger partial charge on any atom is 0.231 e. The zero-order valence-corrected chi connectivity index (χ0v) is 22.0. The van der Waals surface area contributed by atoms with Crippen LogP contribution in [0.4, 0.5) is 23.5 Å². The zero-order valence-electron chi connectivity index (χ0n) is 21.3. The third-order valence-corrected chi connectivity index (χ3v) is 5.73. The van der Waals surface area contributed by atoms with Crippen LogP contribution in [-0.4, -0.2) is 40.5 Å². The van der Waals surface area contributed by atoms with Gasteiger partial charge < -0.3 is 26.6 Å². The number of aromatic nitrogens is 3. The Morgan fingerprint density at radius 3 is 2.33 bits per heavy atom. The maximum absolute atomic E-state index is 6.04. The first-order valence-corrected chi connectivity index (χ1v) is 12.8. The van der Waals surface area contributed by atoms with E-state index >= 15 is 0 Å². The van der Waals surface area contributed by atoms with Crippen molar-refractivity contribution >= 4 is 41.1 Å². The van der Waals surface area contributed by atoms with Gasteiger partial charge in [-0.3, -0.25) is 0 Å². The number of aliphatic imine (C=N–C) groups is 1. The average Bonchev–Trinajstić information content (AvgIpc) is 2.89. The normalized spacial score (nSPS) is 11.3. The van der Waals surface area contributed by atoms with Crippen LogP contribution in [0, 0.1) is 0 Å². The first kappa shape index (κ1) is 27.0. The summed E-state index contributed by atoms with van der Waals surface area (Å²) in [6.45, 7) is 9.87. The molecule has 0 amide bonds. The van der Waals surface area contributed by atoms with Crippen molar-refractivity contribution in [2.75, 3.05) is 40.5 Å². The number of rotatable bonds is 13. The van der Waals surface area contributed by atoms with E-state index in [0.717, 1.165) is 49.3 Å². The van der Waals surface area contributed by atoms with Crippen molar-refractivity contribution in [3.8, 4) is 0 Å². The minimum absolute atomic E-state index is 0.345. The van der Waals surface area contributed by atoms with Gasteiger partial charge in [0, 0.05) is 36.9 Å². The minimum atomic E-state index is 0.345. The van der Waals surface area contributed by atoms with Gasteiger partial charge in [-0.15, -0.1) is 0 Å². The SMILES string of the molecule is CCCCNc1nc(NCc2cccc(CN=C(N)Nc3ccc(Cl)cc3)c2)nc(N(CC)CC)n1. The summed E-state index contributed by atoms with van der Waals surface area (Å²) in [5.41, 5.74) is 9.03. The van der Waals surface area contributed by atoms with Crippen LogP contribution in [-0.2, 0) is 13.1 Å². The fourth-order valence-corrected chi connectivity index (χ4v) is 3.59. The molecule has 3 rings (SSSR count). The van der Waals surface area contributed by atoms with Crippen LogP contribution in [0.3, 0.4) is 0 Å². The van der Waals surface area contributed by atoms with E-state index in [4.69, 9.17) is 17.3 Å². The highest BCUT2D eigenvalue weighted by Crippen LogP contribution is 2.16. The Morgan fingerprint density at radius 1 is 0.944 bits per heavy atom. The monoisotopic (exact) mass is 509 g/mol. The van der Waals surface area contributed by atoms with Gasteiger partial charge in [0.05, 0.1) is 6.54 Å². The summed E-state index contributed by atoms with van der Waals surface area (Å²) < 4.78 is 0. The maximum atomic E-state index is 6.04. The molecule has 1 heterocycles. The molecule has 9 nitrogen and oxygen atoms in total. The van der Waals surface area contributed by atoms with E-state index in [1.807, 2.05) is 24.3 Å². The molecule has 0 aliphatic rings. The van der Waals surface area contributed by atoms with Crippen LogP contribution >= 0.6 is 11.6 Å². The van der Waals surface area contributed by atoms with Crippen LogP contribution in [0.25, 0.3) is 0 Å². The summed E-state index contributed by atoms with van der Waals surface area (Å²) in [7, 11) is 0. The summed E-state index contributed by atoms with van der Waals surface area (Å²) in [4.78, 5) is 20.4. The molecule has 10 heteroatoms. The Labute approximate surface area is 218 Å². The van der Waals surface area contributed by atoms with E-state index in [9.17, 15) is 0 Å². The highest BCUT2D eigenvalue weighted by Gasteiger charge is 2.11. The molecular formula is C26H36ClN9. The fourth-order valence-electron chi connectivity index (χ4n) is 3.46. The Balaban J connectivity index is 1.64. The lowest BCUT2D eigenvalue weighted by atomic mass is 10.1. The lowest BCUT2D eigenvalue weighted by Gasteiger charge is -2.20. The van der Waals surface area contributed by atoms with Crippen LogP contribution in [0.5, 0.6) is 0 Å². The largest absolute Gasteiger partial charge is 0.370 e. The summed E-state index contributed by atoms with van der Waals surface area (Å²) in [5, 5.41) is 10.4. The van der Waals surface area contributed by atoms with Crippen molar-refractivity contribution in [3.63, 3.8) is 0 Å². The number of anilines is 4. The summed E-state index contributed by atoms with van der Waals surface area (Å²) in [6, 6.07) is 15.5. The van der Waals surface area contributed by atoms with E-state index in [-0.39, 0.29) is 0 Å². The number of hydrogen-bond donors (Lipinski definition) is 4. The van der Waals surface area contributed by atoms with Crippen molar-refractivity contribution in [2.24, 2.45) is 10.7 Å². The van der Waals surface area contributed by atoms with Crippen LogP contribution in [0.2, 0.25) is 5.02 Å². The molecule has 1 aromatic heterocycles. The second-order valence-electron chi connectivity index (χ2n) is 8.24. The number of nitrogens with zero attached hydrogens (tertiary/aromatic N) is 5. The van der Waals surface area contributed by atoms with Crippen LogP contribution in [0.1, 0.15) is 44.7 Å². The lowest BCUT2D eigenvalue weighted by molar-refractivity contribution is 0.799. The van der Waals surface area contributed by atoms with Crippen molar-refractivity contribution in [2.45, 2.75) is 46.7 Å². The first-order valence-electron chi connectivity index (χ1n) is 12.4. The minimum Gasteiger partial charge on any atom is -0.370 e. The van der Waals surface area contributed by atoms with Gasteiger partial charge in [-0.1, -0.05) is 49.2 Å². The van der Waals surface area contributed by atoms with Gasteiger partial charge in [-0.05, 0) is 55.7 Å². The molecule has 0 saturated carbocycles. The smallest absolute Gasteiger partial charge is 0.231 e. The Hall–Kier alpha value is -3.59. The van der Waals surface area contributed by atoms with Crippen molar-refractivity contribution in [1.82, 2.24) is 15.0 Å². The molecule has 3 aromatic rings. The van der Waals surface area contributed by atoms with E-state index in [0.29, 0.717) is 41.9 Å². The van der Waals surface area contributed by atoms with Gasteiger partial charge in [0.25, 0.3) is 0 Å². The predicted octanol–water partition coefficient (Wildman–Crippen LogP) is 5.12. The predicted molar refractivity (Wildman–Crippen MR) is 151 cm³/mol. The number of unbranched alkanes of at least 4 members (excludes halogenated alkanes) is 1. The number of halogens is 1. The fraction of sp³-hybridized carbons (Fsp3) is 0.385. The van der Waals surface area contributed by atoms with Crippen LogP contribution in [0.15, 0.2) is 53.5 Å². The molecule has 0 aliphatic carbocycles. The van der Waals surface area contributed by atoms with Gasteiger partial charge in [0.2, 0.25) is 17.8 Å². The molecule has 192 valence electrons. The molecule has 0 atom stereocenters. The van der Waals surface area contributed by atoms with Crippen molar-refractivity contribution < 1.29 is 0 Å². The number of guanidine groups is 1.